The molecule has 0 saturated heterocycles. The number of nitrogens with zero attached hydrogens (tertiary/aromatic N) is 2. The Morgan fingerprint density at radius 1 is 1.26 bits per heavy atom. The number of thiazole rings is 1. The smallest absolute Gasteiger partial charge is 0.339 e. The van der Waals surface area contributed by atoms with Crippen molar-refractivity contribution in [1.29, 1.82) is 0 Å². The van der Waals surface area contributed by atoms with Crippen molar-refractivity contribution in [2.45, 2.75) is 20.8 Å². The summed E-state index contributed by atoms with van der Waals surface area (Å²) in [4.78, 5) is 47.1. The fourth-order valence-electron chi connectivity index (χ4n) is 2.85. The van der Waals surface area contributed by atoms with E-state index < -0.39 is 5.97 Å². The van der Waals surface area contributed by atoms with Gasteiger partial charge in [-0.2, -0.15) is 0 Å². The summed E-state index contributed by atoms with van der Waals surface area (Å²) in [6.45, 7) is 6.12. The molecule has 31 heavy (non-hydrogen) atoms. The topological polar surface area (TPSA) is 126 Å². The van der Waals surface area contributed by atoms with E-state index in [9.17, 15) is 14.4 Å². The van der Waals surface area contributed by atoms with E-state index in [4.69, 9.17) is 4.74 Å². The first-order chi connectivity index (χ1) is 14.9. The zero-order valence-electron chi connectivity index (χ0n) is 17.4. The highest BCUT2D eigenvalue weighted by molar-refractivity contribution is 7.13. The monoisotopic (exact) mass is 441 g/mol. The van der Waals surface area contributed by atoms with Gasteiger partial charge < -0.3 is 20.4 Å². The molecule has 9 nitrogen and oxygen atoms in total. The maximum atomic E-state index is 12.5. The standard InChI is InChI=1S/C21H23N5O4S/c1-4-30-21(29)15-10-16(19(28)25-12(15)2)17-11-31-20(26-17)14-5-6-23-18(9-14)24-8-7-22-13(3)27/h5-6,9-11H,4,7-8H2,1-3H3,(H,22,27)(H,23,24)(H,25,28). The minimum Gasteiger partial charge on any atom is -0.462 e. The number of carbonyl (C=O) groups excluding carboxylic acids is 2. The third-order valence-corrected chi connectivity index (χ3v) is 5.22. The van der Waals surface area contributed by atoms with Crippen LogP contribution in [0.5, 0.6) is 0 Å². The predicted molar refractivity (Wildman–Crippen MR) is 119 cm³/mol. The van der Waals surface area contributed by atoms with Gasteiger partial charge in [0.15, 0.2) is 0 Å². The number of hydrogen-bond acceptors (Lipinski definition) is 8. The fraction of sp³-hybridized carbons (Fsp3) is 0.286. The zero-order chi connectivity index (χ0) is 22.4. The number of aryl methyl sites for hydroxylation is 1. The average Bonchev–Trinajstić information content (AvgIpc) is 3.21. The second-order valence-corrected chi connectivity index (χ2v) is 7.51. The number of carbonyl (C=O) groups is 2. The molecule has 3 N–H and O–H groups in total. The van der Waals surface area contributed by atoms with Crippen molar-refractivity contribution in [2.75, 3.05) is 25.0 Å². The van der Waals surface area contributed by atoms with Crippen LogP contribution < -0.4 is 16.2 Å². The number of hydrogen-bond donors (Lipinski definition) is 3. The summed E-state index contributed by atoms with van der Waals surface area (Å²) in [5.41, 5.74) is 2.05. The average molecular weight is 442 g/mol. The van der Waals surface area contributed by atoms with Crippen molar-refractivity contribution in [3.8, 4) is 21.8 Å². The van der Waals surface area contributed by atoms with Crippen LogP contribution in [-0.4, -0.2) is 46.5 Å². The number of ether oxygens (including phenoxy) is 1. The van der Waals surface area contributed by atoms with Gasteiger partial charge in [-0.1, -0.05) is 0 Å². The van der Waals surface area contributed by atoms with Gasteiger partial charge >= 0.3 is 5.97 Å². The Morgan fingerprint density at radius 2 is 2.06 bits per heavy atom. The Bertz CT molecular complexity index is 1150. The largest absolute Gasteiger partial charge is 0.462 e. The molecule has 3 aromatic heterocycles. The molecule has 0 aliphatic carbocycles. The van der Waals surface area contributed by atoms with Crippen LogP contribution in [0, 0.1) is 6.92 Å². The molecule has 0 aliphatic heterocycles. The van der Waals surface area contributed by atoms with Crippen molar-refractivity contribution >= 4 is 29.0 Å². The molecule has 10 heteroatoms. The van der Waals surface area contributed by atoms with Crippen LogP contribution >= 0.6 is 11.3 Å². The van der Waals surface area contributed by atoms with Gasteiger partial charge in [0.05, 0.1) is 23.4 Å². The van der Waals surface area contributed by atoms with Crippen molar-refractivity contribution in [2.24, 2.45) is 0 Å². The summed E-state index contributed by atoms with van der Waals surface area (Å²) < 4.78 is 5.06. The highest BCUT2D eigenvalue weighted by Gasteiger charge is 2.17. The third kappa shape index (κ3) is 5.54. The molecule has 0 aliphatic rings. The van der Waals surface area contributed by atoms with Gasteiger partial charge in [0.25, 0.3) is 5.56 Å². The second kappa shape index (κ2) is 9.98. The molecule has 3 aromatic rings. The van der Waals surface area contributed by atoms with Crippen LogP contribution in [0.4, 0.5) is 5.82 Å². The molecule has 0 saturated carbocycles. The Hall–Kier alpha value is -3.53. The number of H-pyrrole nitrogens is 1. The molecule has 0 aromatic carbocycles. The lowest BCUT2D eigenvalue weighted by Gasteiger charge is -2.07. The van der Waals surface area contributed by atoms with Crippen molar-refractivity contribution in [3.05, 3.63) is 51.4 Å². The molecule has 0 spiro atoms. The SMILES string of the molecule is CCOC(=O)c1cc(-c2csc(-c3ccnc(NCCNC(C)=O)c3)n2)c(=O)[nH]c1C. The number of pyridine rings is 2. The summed E-state index contributed by atoms with van der Waals surface area (Å²) in [5.74, 6) is 0.0745. The Balaban J connectivity index is 1.83. The molecular formula is C21H23N5O4S. The van der Waals surface area contributed by atoms with E-state index in [0.717, 1.165) is 5.56 Å². The van der Waals surface area contributed by atoms with E-state index in [0.29, 0.717) is 46.4 Å². The molecule has 0 bridgehead atoms. The lowest BCUT2D eigenvalue weighted by Crippen LogP contribution is -2.26. The minimum atomic E-state index is -0.489. The Kier molecular flexibility index (Phi) is 7.14. The van der Waals surface area contributed by atoms with E-state index in [1.807, 2.05) is 12.1 Å². The Morgan fingerprint density at radius 3 is 2.81 bits per heavy atom. The molecule has 1 amide bonds. The van der Waals surface area contributed by atoms with Gasteiger partial charge in [-0.05, 0) is 32.0 Å². The van der Waals surface area contributed by atoms with Gasteiger partial charge in [-0.25, -0.2) is 14.8 Å². The molecule has 0 unspecified atom stereocenters. The lowest BCUT2D eigenvalue weighted by atomic mass is 10.1. The number of rotatable bonds is 8. The molecule has 0 atom stereocenters. The number of amides is 1. The number of aromatic nitrogens is 3. The van der Waals surface area contributed by atoms with E-state index >= 15 is 0 Å². The summed E-state index contributed by atoms with van der Waals surface area (Å²) in [7, 11) is 0. The quantitative estimate of drug-likeness (QED) is 0.362. The lowest BCUT2D eigenvalue weighted by molar-refractivity contribution is -0.118. The summed E-state index contributed by atoms with van der Waals surface area (Å²) in [5, 5.41) is 8.33. The maximum absolute atomic E-state index is 12.5. The number of aromatic amines is 1. The zero-order valence-corrected chi connectivity index (χ0v) is 18.3. The van der Waals surface area contributed by atoms with Crippen LogP contribution in [0.15, 0.2) is 34.6 Å². The minimum absolute atomic E-state index is 0.0870. The number of esters is 1. The highest BCUT2D eigenvalue weighted by Crippen LogP contribution is 2.29. The van der Waals surface area contributed by atoms with Gasteiger partial charge in [-0.3, -0.25) is 9.59 Å². The molecule has 0 fully saturated rings. The van der Waals surface area contributed by atoms with E-state index in [2.05, 4.69) is 25.6 Å². The van der Waals surface area contributed by atoms with Crippen LogP contribution in [0.3, 0.4) is 0 Å². The highest BCUT2D eigenvalue weighted by atomic mass is 32.1. The predicted octanol–water partition coefficient (Wildman–Crippen LogP) is 2.59. The first-order valence-electron chi connectivity index (χ1n) is 9.70. The van der Waals surface area contributed by atoms with Gasteiger partial charge in [0, 0.05) is 42.8 Å². The van der Waals surface area contributed by atoms with Crippen molar-refractivity contribution in [3.63, 3.8) is 0 Å². The second-order valence-electron chi connectivity index (χ2n) is 6.65. The van der Waals surface area contributed by atoms with Gasteiger partial charge in [-0.15, -0.1) is 11.3 Å². The number of nitrogens with one attached hydrogen (secondary N) is 3. The Labute approximate surface area is 182 Å². The fourth-order valence-corrected chi connectivity index (χ4v) is 3.67. The molecular weight excluding hydrogens is 418 g/mol. The van der Waals surface area contributed by atoms with E-state index in [1.165, 1.54) is 24.3 Å². The van der Waals surface area contributed by atoms with E-state index in [-0.39, 0.29) is 18.1 Å². The van der Waals surface area contributed by atoms with Gasteiger partial charge in [0.1, 0.15) is 10.8 Å². The number of anilines is 1. The first-order valence-corrected chi connectivity index (χ1v) is 10.6. The van der Waals surface area contributed by atoms with Crippen molar-refractivity contribution in [1.82, 2.24) is 20.3 Å². The molecule has 3 rings (SSSR count). The normalized spacial score (nSPS) is 10.5. The maximum Gasteiger partial charge on any atom is 0.339 e. The van der Waals surface area contributed by atoms with Crippen molar-refractivity contribution < 1.29 is 14.3 Å². The van der Waals surface area contributed by atoms with E-state index in [1.54, 1.807) is 25.4 Å². The molecule has 162 valence electrons. The van der Waals surface area contributed by atoms with Crippen LogP contribution in [0.1, 0.15) is 29.9 Å². The van der Waals surface area contributed by atoms with Crippen LogP contribution in [-0.2, 0) is 9.53 Å². The third-order valence-electron chi connectivity index (χ3n) is 4.33. The first kappa shape index (κ1) is 22.2. The summed E-state index contributed by atoms with van der Waals surface area (Å²) in [6.07, 6.45) is 1.66. The van der Waals surface area contributed by atoms with Gasteiger partial charge in [0.2, 0.25) is 5.91 Å². The summed E-state index contributed by atoms with van der Waals surface area (Å²) >= 11 is 1.38. The van der Waals surface area contributed by atoms with Crippen LogP contribution in [0.25, 0.3) is 21.8 Å². The van der Waals surface area contributed by atoms with Crippen LogP contribution in [0.2, 0.25) is 0 Å². The molecule has 3 heterocycles. The summed E-state index contributed by atoms with van der Waals surface area (Å²) in [6, 6.07) is 5.19. The molecule has 0 radical (unpaired) electrons.